The number of aromatic carboxylic acids is 1. The number of halogens is 3. The van der Waals surface area contributed by atoms with Crippen molar-refractivity contribution in [3.05, 3.63) is 47.7 Å². The molecule has 1 N–H and O–H groups in total. The van der Waals surface area contributed by atoms with Gasteiger partial charge in [0.2, 0.25) is 0 Å². The van der Waals surface area contributed by atoms with Crippen LogP contribution in [-0.2, 0) is 6.18 Å². The van der Waals surface area contributed by atoms with Gasteiger partial charge in [0, 0.05) is 11.8 Å². The number of carboxylic acid groups (broad SMARTS) is 1. The molecule has 4 nitrogen and oxygen atoms in total. The summed E-state index contributed by atoms with van der Waals surface area (Å²) in [7, 11) is 1.15. The number of carboxylic acids is 1. The van der Waals surface area contributed by atoms with Gasteiger partial charge in [-0.15, -0.1) is 0 Å². The van der Waals surface area contributed by atoms with Gasteiger partial charge in [-0.1, -0.05) is 0 Å². The molecule has 0 amide bonds. The molecule has 7 heteroatoms. The summed E-state index contributed by atoms with van der Waals surface area (Å²) in [5.74, 6) is -1.48. The molecule has 110 valence electrons. The summed E-state index contributed by atoms with van der Waals surface area (Å²) in [6.45, 7) is 0. The monoisotopic (exact) mass is 297 g/mol. The molecule has 2 rings (SSSR count). The number of aromatic nitrogens is 1. The first-order valence-corrected chi connectivity index (χ1v) is 5.78. The minimum Gasteiger partial charge on any atom is -0.496 e. The molecule has 0 aliphatic carbocycles. The van der Waals surface area contributed by atoms with Crippen molar-refractivity contribution in [2.24, 2.45) is 0 Å². The van der Waals surface area contributed by atoms with Crippen LogP contribution in [0.25, 0.3) is 11.3 Å². The molecule has 0 atom stereocenters. The molecule has 0 aliphatic rings. The number of carbonyl (C=O) groups is 1. The zero-order valence-corrected chi connectivity index (χ0v) is 10.8. The third-order valence-corrected chi connectivity index (χ3v) is 2.81. The van der Waals surface area contributed by atoms with Gasteiger partial charge in [-0.25, -0.2) is 4.79 Å². The number of hydrogen-bond donors (Lipinski definition) is 1. The Morgan fingerprint density at radius 3 is 2.52 bits per heavy atom. The number of hydrogen-bond acceptors (Lipinski definition) is 3. The molecule has 0 radical (unpaired) electrons. The quantitative estimate of drug-likeness (QED) is 0.942. The Morgan fingerprint density at radius 2 is 1.95 bits per heavy atom. The summed E-state index contributed by atoms with van der Waals surface area (Å²) in [6.07, 6.45) is -3.35. The average Bonchev–Trinajstić information content (AvgIpc) is 2.45. The van der Waals surface area contributed by atoms with E-state index in [2.05, 4.69) is 4.98 Å². The van der Waals surface area contributed by atoms with E-state index in [1.807, 2.05) is 0 Å². The maximum Gasteiger partial charge on any atom is 0.419 e. The van der Waals surface area contributed by atoms with E-state index >= 15 is 0 Å². The van der Waals surface area contributed by atoms with E-state index in [1.54, 1.807) is 0 Å². The molecule has 21 heavy (non-hydrogen) atoms. The largest absolute Gasteiger partial charge is 0.496 e. The molecule has 2 aromatic rings. The molecular formula is C14H10F3NO3. The number of alkyl halides is 3. The molecule has 0 saturated carbocycles. The van der Waals surface area contributed by atoms with Crippen LogP contribution in [0, 0.1) is 0 Å². The number of pyridine rings is 1. The summed E-state index contributed by atoms with van der Waals surface area (Å²) in [6, 6.07) is 5.92. The Hall–Kier alpha value is -2.57. The highest BCUT2D eigenvalue weighted by Crippen LogP contribution is 2.38. The SMILES string of the molecule is COc1ccc(-c2cc(C(=O)O)ccn2)cc1C(F)(F)F. The standard InChI is InChI=1S/C14H10F3NO3/c1-21-12-3-2-8(6-10(12)14(15,16)17)11-7-9(13(19)20)4-5-18-11/h2-7H,1H3,(H,19,20). The Kier molecular flexibility index (Phi) is 3.84. The van der Waals surface area contributed by atoms with E-state index in [0.29, 0.717) is 0 Å². The Labute approximate surface area is 117 Å². The lowest BCUT2D eigenvalue weighted by atomic mass is 10.0. The van der Waals surface area contributed by atoms with Crippen LogP contribution in [0.2, 0.25) is 0 Å². The van der Waals surface area contributed by atoms with Crippen LogP contribution < -0.4 is 4.74 Å². The molecule has 0 bridgehead atoms. The van der Waals surface area contributed by atoms with Gasteiger partial charge in [-0.3, -0.25) is 4.98 Å². The average molecular weight is 297 g/mol. The predicted molar refractivity (Wildman–Crippen MR) is 68.2 cm³/mol. The molecule has 1 aromatic heterocycles. The van der Waals surface area contributed by atoms with Crippen molar-refractivity contribution in [2.75, 3.05) is 7.11 Å². The van der Waals surface area contributed by atoms with Gasteiger partial charge in [-0.2, -0.15) is 13.2 Å². The molecule has 1 heterocycles. The third-order valence-electron chi connectivity index (χ3n) is 2.81. The molecule has 0 saturated heterocycles. The Balaban J connectivity index is 2.55. The highest BCUT2D eigenvalue weighted by Gasteiger charge is 2.34. The van der Waals surface area contributed by atoms with Gasteiger partial charge in [-0.05, 0) is 30.3 Å². The number of ether oxygens (including phenoxy) is 1. The van der Waals surface area contributed by atoms with Crippen LogP contribution in [0.3, 0.4) is 0 Å². The van der Waals surface area contributed by atoms with Crippen LogP contribution in [0.15, 0.2) is 36.5 Å². The second kappa shape index (κ2) is 5.43. The van der Waals surface area contributed by atoms with E-state index in [1.165, 1.54) is 30.5 Å². The van der Waals surface area contributed by atoms with E-state index in [-0.39, 0.29) is 22.6 Å². The number of nitrogens with zero attached hydrogens (tertiary/aromatic N) is 1. The van der Waals surface area contributed by atoms with Crippen molar-refractivity contribution in [1.29, 1.82) is 0 Å². The second-order valence-corrected chi connectivity index (χ2v) is 4.15. The highest BCUT2D eigenvalue weighted by atomic mass is 19.4. The lowest BCUT2D eigenvalue weighted by molar-refractivity contribution is -0.138. The van der Waals surface area contributed by atoms with Gasteiger partial charge in [0.25, 0.3) is 0 Å². The first-order chi connectivity index (χ1) is 9.82. The van der Waals surface area contributed by atoms with Gasteiger partial charge in [0.1, 0.15) is 5.75 Å². The second-order valence-electron chi connectivity index (χ2n) is 4.15. The smallest absolute Gasteiger partial charge is 0.419 e. The van der Waals surface area contributed by atoms with Crippen molar-refractivity contribution >= 4 is 5.97 Å². The third kappa shape index (κ3) is 3.13. The molecule has 0 spiro atoms. The minimum absolute atomic E-state index is 0.0515. The van der Waals surface area contributed by atoms with Crippen molar-refractivity contribution < 1.29 is 27.8 Å². The zero-order chi connectivity index (χ0) is 15.6. The van der Waals surface area contributed by atoms with E-state index in [9.17, 15) is 18.0 Å². The highest BCUT2D eigenvalue weighted by molar-refractivity contribution is 5.88. The summed E-state index contributed by atoms with van der Waals surface area (Å²) >= 11 is 0. The van der Waals surface area contributed by atoms with E-state index in [0.717, 1.165) is 13.2 Å². The maximum atomic E-state index is 12.9. The van der Waals surface area contributed by atoms with Gasteiger partial charge in [0.05, 0.1) is 23.9 Å². The van der Waals surface area contributed by atoms with Crippen molar-refractivity contribution in [3.8, 4) is 17.0 Å². The normalized spacial score (nSPS) is 11.2. The summed E-state index contributed by atoms with van der Waals surface area (Å²) in [4.78, 5) is 14.8. The number of methoxy groups -OCH3 is 1. The van der Waals surface area contributed by atoms with Gasteiger partial charge >= 0.3 is 12.1 Å². The van der Waals surface area contributed by atoms with E-state index < -0.39 is 17.7 Å². The first-order valence-electron chi connectivity index (χ1n) is 5.78. The first kappa shape index (κ1) is 14.8. The Bertz CT molecular complexity index is 683. The summed E-state index contributed by atoms with van der Waals surface area (Å²) in [5.41, 5.74) is -0.691. The van der Waals surface area contributed by atoms with Crippen LogP contribution in [-0.4, -0.2) is 23.2 Å². The van der Waals surface area contributed by atoms with Crippen molar-refractivity contribution in [3.63, 3.8) is 0 Å². The lowest BCUT2D eigenvalue weighted by Crippen LogP contribution is -2.07. The summed E-state index contributed by atoms with van der Waals surface area (Å²) in [5, 5.41) is 8.89. The van der Waals surface area contributed by atoms with Gasteiger partial charge < -0.3 is 9.84 Å². The maximum absolute atomic E-state index is 12.9. The van der Waals surface area contributed by atoms with Crippen LogP contribution in [0.5, 0.6) is 5.75 Å². The Morgan fingerprint density at radius 1 is 1.24 bits per heavy atom. The topological polar surface area (TPSA) is 59.4 Å². The fourth-order valence-corrected chi connectivity index (χ4v) is 1.81. The lowest BCUT2D eigenvalue weighted by Gasteiger charge is -2.13. The molecule has 0 unspecified atom stereocenters. The molecule has 1 aromatic carbocycles. The summed E-state index contributed by atoms with van der Waals surface area (Å²) < 4.78 is 43.5. The number of benzene rings is 1. The molecular weight excluding hydrogens is 287 g/mol. The molecule has 0 aliphatic heterocycles. The van der Waals surface area contributed by atoms with Gasteiger partial charge in [0.15, 0.2) is 0 Å². The fraction of sp³-hybridized carbons (Fsp3) is 0.143. The fourth-order valence-electron chi connectivity index (χ4n) is 1.81. The van der Waals surface area contributed by atoms with Crippen LogP contribution in [0.1, 0.15) is 15.9 Å². The van der Waals surface area contributed by atoms with Crippen LogP contribution in [0.4, 0.5) is 13.2 Å². The number of rotatable bonds is 3. The zero-order valence-electron chi connectivity index (χ0n) is 10.8. The van der Waals surface area contributed by atoms with Crippen molar-refractivity contribution in [2.45, 2.75) is 6.18 Å². The predicted octanol–water partition coefficient (Wildman–Crippen LogP) is 3.47. The van der Waals surface area contributed by atoms with Crippen molar-refractivity contribution in [1.82, 2.24) is 4.98 Å². The van der Waals surface area contributed by atoms with E-state index in [4.69, 9.17) is 9.84 Å². The van der Waals surface area contributed by atoms with Crippen LogP contribution >= 0.6 is 0 Å². The minimum atomic E-state index is -4.58. The molecule has 0 fully saturated rings.